The van der Waals surface area contributed by atoms with Crippen molar-refractivity contribution in [3.05, 3.63) is 54.4 Å². The molecule has 0 saturated heterocycles. The average molecular weight is 230 g/mol. The summed E-state index contributed by atoms with van der Waals surface area (Å²) >= 11 is 0. The summed E-state index contributed by atoms with van der Waals surface area (Å²) in [5.74, 6) is 0. The van der Waals surface area contributed by atoms with Gasteiger partial charge in [-0.25, -0.2) is 0 Å². The van der Waals surface area contributed by atoms with E-state index in [1.54, 1.807) is 7.11 Å². The van der Waals surface area contributed by atoms with Crippen molar-refractivity contribution in [2.24, 2.45) is 0 Å². The molecule has 0 amide bonds. The van der Waals surface area contributed by atoms with Gasteiger partial charge in [0, 0.05) is 26.1 Å². The van der Waals surface area contributed by atoms with Crippen LogP contribution in [0.1, 0.15) is 24.4 Å². The van der Waals surface area contributed by atoms with Crippen LogP contribution in [0, 0.1) is 0 Å². The lowest BCUT2D eigenvalue weighted by molar-refractivity contribution is 0.188. The van der Waals surface area contributed by atoms with Crippen LogP contribution in [-0.4, -0.2) is 23.5 Å². The van der Waals surface area contributed by atoms with Gasteiger partial charge in [-0.15, -0.1) is 0 Å². The van der Waals surface area contributed by atoms with Crippen molar-refractivity contribution >= 4 is 0 Å². The van der Waals surface area contributed by atoms with Crippen LogP contribution in [-0.2, 0) is 4.74 Å². The molecule has 0 fully saturated rings. The van der Waals surface area contributed by atoms with Crippen molar-refractivity contribution in [1.82, 2.24) is 9.78 Å². The fourth-order valence-electron chi connectivity index (χ4n) is 2.01. The molecule has 2 aromatic rings. The van der Waals surface area contributed by atoms with Crippen molar-refractivity contribution in [3.63, 3.8) is 0 Å². The molecule has 1 aromatic carbocycles. The summed E-state index contributed by atoms with van der Waals surface area (Å²) in [6, 6.07) is 12.8. The molecule has 17 heavy (non-hydrogen) atoms. The van der Waals surface area contributed by atoms with Gasteiger partial charge in [0.15, 0.2) is 0 Å². The number of nitrogens with zero attached hydrogens (tertiary/aromatic N) is 2. The fraction of sp³-hybridized carbons (Fsp3) is 0.357. The van der Waals surface area contributed by atoms with Crippen molar-refractivity contribution in [2.45, 2.75) is 18.9 Å². The molecule has 1 aromatic heterocycles. The van der Waals surface area contributed by atoms with Crippen LogP contribution in [0.2, 0.25) is 0 Å². The smallest absolute Gasteiger partial charge is 0.0769 e. The predicted molar refractivity (Wildman–Crippen MR) is 67.9 cm³/mol. The van der Waals surface area contributed by atoms with E-state index in [2.05, 4.69) is 29.4 Å². The molecule has 0 bridgehead atoms. The quantitative estimate of drug-likeness (QED) is 0.713. The monoisotopic (exact) mass is 230 g/mol. The normalized spacial score (nSPS) is 12.5. The van der Waals surface area contributed by atoms with Gasteiger partial charge >= 0.3 is 0 Å². The van der Waals surface area contributed by atoms with Crippen molar-refractivity contribution < 1.29 is 4.74 Å². The van der Waals surface area contributed by atoms with E-state index in [1.165, 1.54) is 5.56 Å². The molecular weight excluding hydrogens is 212 g/mol. The maximum Gasteiger partial charge on any atom is 0.0769 e. The Morgan fingerprint density at radius 2 is 2.06 bits per heavy atom. The highest BCUT2D eigenvalue weighted by molar-refractivity contribution is 5.19. The molecule has 0 aliphatic rings. The minimum absolute atomic E-state index is 0.307. The zero-order chi connectivity index (χ0) is 11.9. The van der Waals surface area contributed by atoms with Gasteiger partial charge in [-0.3, -0.25) is 4.68 Å². The molecule has 0 spiro atoms. The molecule has 0 radical (unpaired) electrons. The topological polar surface area (TPSA) is 27.1 Å². The summed E-state index contributed by atoms with van der Waals surface area (Å²) in [4.78, 5) is 0. The summed E-state index contributed by atoms with van der Waals surface area (Å²) in [7, 11) is 1.74. The van der Waals surface area contributed by atoms with Gasteiger partial charge < -0.3 is 4.74 Å². The van der Waals surface area contributed by atoms with Gasteiger partial charge in [-0.05, 0) is 24.5 Å². The molecule has 1 heterocycles. The summed E-state index contributed by atoms with van der Waals surface area (Å²) in [5.41, 5.74) is 1.30. The van der Waals surface area contributed by atoms with E-state index >= 15 is 0 Å². The first-order valence-corrected chi connectivity index (χ1v) is 5.95. The lowest BCUT2D eigenvalue weighted by atomic mass is 10.0. The van der Waals surface area contributed by atoms with Gasteiger partial charge in [0.2, 0.25) is 0 Å². The Balaban J connectivity index is 2.13. The lowest BCUT2D eigenvalue weighted by Crippen LogP contribution is -2.12. The second kappa shape index (κ2) is 6.21. The Hall–Kier alpha value is -1.61. The second-order valence-electron chi connectivity index (χ2n) is 4.05. The number of benzene rings is 1. The number of aromatic nitrogens is 2. The Labute approximate surface area is 102 Å². The van der Waals surface area contributed by atoms with Gasteiger partial charge in [0.1, 0.15) is 0 Å². The third-order valence-electron chi connectivity index (χ3n) is 2.85. The molecule has 2 rings (SSSR count). The van der Waals surface area contributed by atoms with E-state index in [1.807, 2.05) is 29.2 Å². The van der Waals surface area contributed by atoms with Gasteiger partial charge in [-0.2, -0.15) is 5.10 Å². The number of ether oxygens (including phenoxy) is 1. The Kier molecular flexibility index (Phi) is 4.33. The molecule has 3 nitrogen and oxygen atoms in total. The van der Waals surface area contributed by atoms with E-state index in [9.17, 15) is 0 Å². The third kappa shape index (κ3) is 3.17. The first-order chi connectivity index (χ1) is 8.42. The molecule has 1 atom stereocenters. The van der Waals surface area contributed by atoms with Crippen molar-refractivity contribution in [1.29, 1.82) is 0 Å². The third-order valence-corrected chi connectivity index (χ3v) is 2.85. The fourth-order valence-corrected chi connectivity index (χ4v) is 2.01. The number of rotatable bonds is 6. The Morgan fingerprint density at radius 1 is 1.24 bits per heavy atom. The van der Waals surface area contributed by atoms with E-state index in [-0.39, 0.29) is 0 Å². The summed E-state index contributed by atoms with van der Waals surface area (Å²) in [5, 5.41) is 4.35. The Morgan fingerprint density at radius 3 is 2.71 bits per heavy atom. The van der Waals surface area contributed by atoms with E-state index < -0.39 is 0 Å². The minimum Gasteiger partial charge on any atom is -0.385 e. The average Bonchev–Trinajstić information content (AvgIpc) is 2.89. The molecule has 1 unspecified atom stereocenters. The highest BCUT2D eigenvalue weighted by Crippen LogP contribution is 2.22. The van der Waals surface area contributed by atoms with Crippen LogP contribution in [0.5, 0.6) is 0 Å². The molecule has 0 aliphatic heterocycles. The lowest BCUT2D eigenvalue weighted by Gasteiger charge is -2.17. The van der Waals surface area contributed by atoms with Gasteiger partial charge in [0.25, 0.3) is 0 Å². The van der Waals surface area contributed by atoms with Crippen LogP contribution in [0.3, 0.4) is 0 Å². The summed E-state index contributed by atoms with van der Waals surface area (Å²) < 4.78 is 7.13. The molecule has 0 aliphatic carbocycles. The number of methoxy groups -OCH3 is 1. The predicted octanol–water partition coefficient (Wildman–Crippen LogP) is 2.90. The maximum absolute atomic E-state index is 5.12. The molecule has 0 saturated carbocycles. The first-order valence-electron chi connectivity index (χ1n) is 5.95. The molecular formula is C14H18N2O. The standard InChI is InChI=1S/C14H18N2O/c1-17-12-5-9-14(16-11-6-10-15-16)13-7-3-2-4-8-13/h2-4,6-8,10-11,14H,5,9,12H2,1H3. The molecule has 90 valence electrons. The summed E-state index contributed by atoms with van der Waals surface area (Å²) in [6.07, 6.45) is 5.92. The zero-order valence-electron chi connectivity index (χ0n) is 10.1. The second-order valence-corrected chi connectivity index (χ2v) is 4.05. The van der Waals surface area contributed by atoms with Gasteiger partial charge in [0.05, 0.1) is 6.04 Å². The van der Waals surface area contributed by atoms with E-state index in [4.69, 9.17) is 4.74 Å². The highest BCUT2D eigenvalue weighted by Gasteiger charge is 2.12. The van der Waals surface area contributed by atoms with Crippen molar-refractivity contribution in [2.75, 3.05) is 13.7 Å². The SMILES string of the molecule is COCCCC(c1ccccc1)n1cccn1. The van der Waals surface area contributed by atoms with Gasteiger partial charge in [-0.1, -0.05) is 30.3 Å². The van der Waals surface area contributed by atoms with Crippen LogP contribution in [0.25, 0.3) is 0 Å². The molecule has 0 N–H and O–H groups in total. The summed E-state index contributed by atoms with van der Waals surface area (Å²) in [6.45, 7) is 0.796. The van der Waals surface area contributed by atoms with Crippen LogP contribution in [0.15, 0.2) is 48.8 Å². The van der Waals surface area contributed by atoms with Crippen LogP contribution >= 0.6 is 0 Å². The zero-order valence-corrected chi connectivity index (χ0v) is 10.1. The van der Waals surface area contributed by atoms with Crippen molar-refractivity contribution in [3.8, 4) is 0 Å². The van der Waals surface area contributed by atoms with Crippen LogP contribution in [0.4, 0.5) is 0 Å². The van der Waals surface area contributed by atoms with Crippen LogP contribution < -0.4 is 0 Å². The first kappa shape index (κ1) is 11.9. The van der Waals surface area contributed by atoms with E-state index in [0.29, 0.717) is 6.04 Å². The minimum atomic E-state index is 0.307. The molecule has 3 heteroatoms. The number of hydrogen-bond donors (Lipinski definition) is 0. The highest BCUT2D eigenvalue weighted by atomic mass is 16.5. The largest absolute Gasteiger partial charge is 0.385 e. The van der Waals surface area contributed by atoms with E-state index in [0.717, 1.165) is 19.4 Å². The number of hydrogen-bond acceptors (Lipinski definition) is 2. The Bertz CT molecular complexity index is 411. The maximum atomic E-state index is 5.12.